The zero-order valence-corrected chi connectivity index (χ0v) is 39.3. The topological polar surface area (TPSA) is 120 Å². The molecule has 9 heteroatoms. The van der Waals surface area contributed by atoms with Crippen LogP contribution in [-0.2, 0) is 19.2 Å². The molecule has 60 heavy (non-hydrogen) atoms. The van der Waals surface area contributed by atoms with Crippen molar-refractivity contribution in [1.29, 1.82) is 0 Å². The van der Waals surface area contributed by atoms with Gasteiger partial charge in [0.2, 0.25) is 23.6 Å². The van der Waals surface area contributed by atoms with Crippen molar-refractivity contribution in [2.75, 3.05) is 39.3 Å². The van der Waals surface area contributed by atoms with E-state index in [9.17, 15) is 19.2 Å². The minimum atomic E-state index is -0.805. The second kappa shape index (κ2) is 43.0. The van der Waals surface area contributed by atoms with Crippen LogP contribution in [0.15, 0.2) is 24.3 Å². The van der Waals surface area contributed by atoms with Crippen LogP contribution < -0.4 is 21.3 Å². The van der Waals surface area contributed by atoms with Gasteiger partial charge in [0.1, 0.15) is 6.04 Å². The molecule has 0 bridgehead atoms. The summed E-state index contributed by atoms with van der Waals surface area (Å²) in [5.41, 5.74) is 0. The molecule has 0 aromatic rings. The lowest BCUT2D eigenvalue weighted by Crippen LogP contribution is -2.47. The van der Waals surface area contributed by atoms with E-state index in [1.165, 1.54) is 154 Å². The van der Waals surface area contributed by atoms with Crippen LogP contribution in [0.1, 0.15) is 232 Å². The van der Waals surface area contributed by atoms with Gasteiger partial charge in [-0.15, -0.1) is 0 Å². The van der Waals surface area contributed by atoms with Crippen molar-refractivity contribution in [3.05, 3.63) is 24.3 Å². The number of allylic oxidation sites excluding steroid dienone is 4. The summed E-state index contributed by atoms with van der Waals surface area (Å²) >= 11 is 0. The first kappa shape index (κ1) is 55.3. The third-order valence-corrected chi connectivity index (χ3v) is 11.8. The first-order valence-corrected chi connectivity index (χ1v) is 25.6. The first-order chi connectivity index (χ1) is 29.5. The Labute approximate surface area is 369 Å². The summed E-state index contributed by atoms with van der Waals surface area (Å²) in [4.78, 5) is 53.6. The maximum absolute atomic E-state index is 13.2. The van der Waals surface area contributed by atoms with Gasteiger partial charge >= 0.3 is 0 Å². The molecule has 1 aliphatic heterocycles. The number of amides is 4. The molecule has 1 unspecified atom stereocenters. The van der Waals surface area contributed by atoms with Crippen LogP contribution in [0.25, 0.3) is 0 Å². The Morgan fingerprint density at radius 2 is 0.833 bits per heavy atom. The molecule has 1 heterocycles. The van der Waals surface area contributed by atoms with Crippen LogP contribution in [0.4, 0.5) is 0 Å². The maximum Gasteiger partial charge on any atom is 0.242 e. The van der Waals surface area contributed by atoms with E-state index in [0.29, 0.717) is 19.6 Å². The third kappa shape index (κ3) is 37.1. The van der Waals surface area contributed by atoms with Gasteiger partial charge in [-0.25, -0.2) is 0 Å². The summed E-state index contributed by atoms with van der Waals surface area (Å²) in [5.74, 6) is -0.852. The Morgan fingerprint density at radius 1 is 0.450 bits per heavy atom. The van der Waals surface area contributed by atoms with Gasteiger partial charge in [0.25, 0.3) is 0 Å². The van der Waals surface area contributed by atoms with E-state index < -0.39 is 6.04 Å². The largest absolute Gasteiger partial charge is 0.356 e. The lowest BCUT2D eigenvalue weighted by Gasteiger charge is -2.19. The minimum absolute atomic E-state index is 0.0103. The highest BCUT2D eigenvalue weighted by molar-refractivity contribution is 5.89. The number of rotatable bonds is 43. The SMILES string of the molecule is CCCCCCCC/C=C\CCCCCCCCNC(=O)CCC(NC(=O)CCC(=O)NCCN1CCCC1)C(=O)NCCCCCCCC/C=C\CCCCCCCC. The lowest BCUT2D eigenvalue weighted by atomic mass is 10.1. The molecule has 0 spiro atoms. The molecule has 1 saturated heterocycles. The van der Waals surface area contributed by atoms with Crippen LogP contribution in [0, 0.1) is 0 Å². The number of hydrogen-bond acceptors (Lipinski definition) is 5. The highest BCUT2D eigenvalue weighted by atomic mass is 16.2. The smallest absolute Gasteiger partial charge is 0.242 e. The highest BCUT2D eigenvalue weighted by Crippen LogP contribution is 2.12. The van der Waals surface area contributed by atoms with Crippen LogP contribution >= 0.6 is 0 Å². The molecule has 348 valence electrons. The fourth-order valence-electron chi connectivity index (χ4n) is 7.88. The zero-order chi connectivity index (χ0) is 43.4. The number of carbonyl (C=O) groups is 4. The highest BCUT2D eigenvalue weighted by Gasteiger charge is 2.22. The van der Waals surface area contributed by atoms with Gasteiger partial charge in [-0.1, -0.05) is 154 Å². The van der Waals surface area contributed by atoms with Crippen LogP contribution in [0.2, 0.25) is 0 Å². The molecular formula is C51H95N5O4. The maximum atomic E-state index is 13.2. The molecule has 9 nitrogen and oxygen atoms in total. The number of carbonyl (C=O) groups excluding carboxylic acids is 4. The van der Waals surface area contributed by atoms with Crippen molar-refractivity contribution < 1.29 is 19.2 Å². The fraction of sp³-hybridized carbons (Fsp3) is 0.843. The normalized spacial score (nSPS) is 13.6. The summed E-state index contributed by atoms with van der Waals surface area (Å²) in [6, 6.07) is -0.805. The standard InChI is InChI=1S/C51H95N5O4/c1-3-5-7-9-11-13-15-17-19-21-23-25-27-29-31-33-41-52-48(57)38-37-47(55-50(59)40-39-49(58)53-43-46-56-44-35-36-45-56)51(60)54-42-34-32-30-28-26-24-22-20-18-16-14-12-10-8-6-4-2/h17-20,47H,3-16,21-46H2,1-2H3,(H,52,57)(H,53,58)(H,54,60)(H,55,59)/b19-17-,20-18-. The molecule has 1 atom stereocenters. The summed E-state index contributed by atoms with van der Waals surface area (Å²) < 4.78 is 0. The zero-order valence-electron chi connectivity index (χ0n) is 39.3. The number of unbranched alkanes of at least 4 members (excludes halogenated alkanes) is 24. The van der Waals surface area contributed by atoms with Gasteiger partial charge in [0.05, 0.1) is 0 Å². The van der Waals surface area contributed by atoms with E-state index in [2.05, 4.69) is 64.3 Å². The molecular weight excluding hydrogens is 747 g/mol. The molecule has 1 aliphatic rings. The van der Waals surface area contributed by atoms with Gasteiger partial charge in [-0.2, -0.15) is 0 Å². The summed E-state index contributed by atoms with van der Waals surface area (Å²) in [6.07, 6.45) is 47.1. The lowest BCUT2D eigenvalue weighted by molar-refractivity contribution is -0.130. The van der Waals surface area contributed by atoms with Crippen molar-refractivity contribution in [2.45, 2.75) is 238 Å². The Hall–Kier alpha value is -2.68. The average Bonchev–Trinajstić information content (AvgIpc) is 3.77. The summed E-state index contributed by atoms with van der Waals surface area (Å²) in [7, 11) is 0. The van der Waals surface area contributed by atoms with Crippen molar-refractivity contribution in [2.24, 2.45) is 0 Å². The number of nitrogens with one attached hydrogen (secondary N) is 4. The third-order valence-electron chi connectivity index (χ3n) is 11.8. The molecule has 4 N–H and O–H groups in total. The van der Waals surface area contributed by atoms with E-state index in [1.807, 2.05) is 0 Å². The van der Waals surface area contributed by atoms with E-state index in [-0.39, 0.29) is 49.3 Å². The van der Waals surface area contributed by atoms with Gasteiger partial charge in [-0.3, -0.25) is 19.2 Å². The average molecular weight is 842 g/mol. The number of hydrogen-bond donors (Lipinski definition) is 4. The van der Waals surface area contributed by atoms with Gasteiger partial charge in [-0.05, 0) is 96.6 Å². The van der Waals surface area contributed by atoms with Crippen LogP contribution in [0.3, 0.4) is 0 Å². The molecule has 0 radical (unpaired) electrons. The van der Waals surface area contributed by atoms with Crippen molar-refractivity contribution in [3.8, 4) is 0 Å². The Kier molecular flexibility index (Phi) is 39.6. The summed E-state index contributed by atoms with van der Waals surface area (Å²) in [5, 5.41) is 11.8. The van der Waals surface area contributed by atoms with E-state index in [0.717, 1.165) is 58.2 Å². The molecule has 0 aromatic heterocycles. The fourth-order valence-corrected chi connectivity index (χ4v) is 7.88. The first-order valence-electron chi connectivity index (χ1n) is 25.6. The van der Waals surface area contributed by atoms with E-state index in [1.54, 1.807) is 0 Å². The Bertz CT molecular complexity index is 1090. The number of likely N-dealkylation sites (tertiary alicyclic amines) is 1. The van der Waals surface area contributed by atoms with Gasteiger partial charge in [0.15, 0.2) is 0 Å². The second-order valence-corrected chi connectivity index (χ2v) is 17.6. The van der Waals surface area contributed by atoms with Crippen molar-refractivity contribution in [3.63, 3.8) is 0 Å². The van der Waals surface area contributed by atoms with Crippen molar-refractivity contribution >= 4 is 23.6 Å². The second-order valence-electron chi connectivity index (χ2n) is 17.6. The van der Waals surface area contributed by atoms with Crippen LogP contribution in [-0.4, -0.2) is 73.8 Å². The van der Waals surface area contributed by atoms with E-state index in [4.69, 9.17) is 0 Å². The van der Waals surface area contributed by atoms with Gasteiger partial charge in [0, 0.05) is 45.4 Å². The summed E-state index contributed by atoms with van der Waals surface area (Å²) in [6.45, 7) is 9.27. The molecule has 4 amide bonds. The molecule has 0 aromatic carbocycles. The van der Waals surface area contributed by atoms with Crippen molar-refractivity contribution in [1.82, 2.24) is 26.2 Å². The monoisotopic (exact) mass is 842 g/mol. The van der Waals surface area contributed by atoms with Gasteiger partial charge < -0.3 is 26.2 Å². The Morgan fingerprint density at radius 3 is 1.32 bits per heavy atom. The Balaban J connectivity index is 2.28. The molecule has 1 fully saturated rings. The van der Waals surface area contributed by atoms with Crippen LogP contribution in [0.5, 0.6) is 0 Å². The molecule has 0 saturated carbocycles. The predicted molar refractivity (Wildman–Crippen MR) is 254 cm³/mol. The molecule has 0 aliphatic carbocycles. The number of nitrogens with zero attached hydrogens (tertiary/aromatic N) is 1. The predicted octanol–water partition coefficient (Wildman–Crippen LogP) is 11.6. The minimum Gasteiger partial charge on any atom is -0.356 e. The van der Waals surface area contributed by atoms with E-state index >= 15 is 0 Å². The quantitative estimate of drug-likeness (QED) is 0.0360. The molecule has 1 rings (SSSR count).